The predicted molar refractivity (Wildman–Crippen MR) is 108 cm³/mol. The van der Waals surface area contributed by atoms with Crippen molar-refractivity contribution in [2.75, 3.05) is 36.0 Å². The standard InChI is InChI=1S/C19H19N7S/c1-14-12-27-19(23-14)25-9-7-24(8-10-25)17-16-11-22-26(18(16)21-13-20-17)15-5-3-2-4-6-15/h2-6,11-13H,7-10H2,1H3. The van der Waals surface area contributed by atoms with E-state index in [1.807, 2.05) is 48.1 Å². The molecule has 0 unspecified atom stereocenters. The maximum absolute atomic E-state index is 4.61. The van der Waals surface area contributed by atoms with Gasteiger partial charge in [0.25, 0.3) is 0 Å². The first-order valence-corrected chi connectivity index (χ1v) is 9.84. The summed E-state index contributed by atoms with van der Waals surface area (Å²) in [5.41, 5.74) is 2.92. The lowest BCUT2D eigenvalue weighted by Gasteiger charge is -2.35. The van der Waals surface area contributed by atoms with Gasteiger partial charge in [0.2, 0.25) is 0 Å². The fraction of sp³-hybridized carbons (Fsp3) is 0.263. The molecule has 8 heteroatoms. The molecule has 136 valence electrons. The molecule has 1 aliphatic rings. The summed E-state index contributed by atoms with van der Waals surface area (Å²) in [6.07, 6.45) is 3.50. The Bertz CT molecular complexity index is 1060. The SMILES string of the molecule is Cc1csc(N2CCN(c3ncnc4c3cnn4-c3ccccc3)CC2)n1. The first-order chi connectivity index (χ1) is 13.3. The minimum Gasteiger partial charge on any atom is -0.352 e. The van der Waals surface area contributed by atoms with Crippen molar-refractivity contribution in [1.82, 2.24) is 24.7 Å². The Balaban J connectivity index is 1.42. The van der Waals surface area contributed by atoms with Gasteiger partial charge in [-0.25, -0.2) is 19.6 Å². The number of nitrogens with zero attached hydrogens (tertiary/aromatic N) is 7. The summed E-state index contributed by atoms with van der Waals surface area (Å²) in [5, 5.41) is 8.75. The molecule has 4 aromatic rings. The number of fused-ring (bicyclic) bond motifs is 1. The molecule has 0 amide bonds. The van der Waals surface area contributed by atoms with Crippen molar-refractivity contribution in [2.24, 2.45) is 0 Å². The second-order valence-electron chi connectivity index (χ2n) is 6.57. The summed E-state index contributed by atoms with van der Waals surface area (Å²) in [7, 11) is 0. The molecule has 0 aliphatic carbocycles. The predicted octanol–water partition coefficient (Wildman–Crippen LogP) is 2.91. The van der Waals surface area contributed by atoms with Crippen LogP contribution in [0.5, 0.6) is 0 Å². The number of hydrogen-bond acceptors (Lipinski definition) is 7. The van der Waals surface area contributed by atoms with Gasteiger partial charge in [0.15, 0.2) is 10.8 Å². The van der Waals surface area contributed by atoms with Gasteiger partial charge in [-0.2, -0.15) is 5.10 Å². The number of hydrogen-bond donors (Lipinski definition) is 0. The molecule has 5 rings (SSSR count). The fourth-order valence-electron chi connectivity index (χ4n) is 3.44. The third kappa shape index (κ3) is 2.91. The van der Waals surface area contributed by atoms with Crippen LogP contribution in [0.1, 0.15) is 5.69 Å². The Morgan fingerprint density at radius 2 is 1.74 bits per heavy atom. The molecule has 1 aromatic carbocycles. The molecule has 0 atom stereocenters. The highest BCUT2D eigenvalue weighted by Gasteiger charge is 2.22. The van der Waals surface area contributed by atoms with Gasteiger partial charge in [0, 0.05) is 31.6 Å². The Labute approximate surface area is 160 Å². The Morgan fingerprint density at radius 3 is 2.48 bits per heavy atom. The molecule has 1 fully saturated rings. The van der Waals surface area contributed by atoms with Crippen molar-refractivity contribution < 1.29 is 0 Å². The number of benzene rings is 1. The molecule has 0 radical (unpaired) electrons. The number of para-hydroxylation sites is 1. The van der Waals surface area contributed by atoms with E-state index in [-0.39, 0.29) is 0 Å². The molecule has 4 heterocycles. The van der Waals surface area contributed by atoms with Crippen LogP contribution in [0.3, 0.4) is 0 Å². The van der Waals surface area contributed by atoms with E-state index in [0.29, 0.717) is 0 Å². The summed E-state index contributed by atoms with van der Waals surface area (Å²) in [5.74, 6) is 0.956. The Hall–Kier alpha value is -3.00. The van der Waals surface area contributed by atoms with Crippen LogP contribution in [0.25, 0.3) is 16.7 Å². The normalized spacial score (nSPS) is 14.9. The Kier molecular flexibility index (Phi) is 3.97. The highest BCUT2D eigenvalue weighted by atomic mass is 32.1. The lowest BCUT2D eigenvalue weighted by molar-refractivity contribution is 0.647. The average molecular weight is 377 g/mol. The van der Waals surface area contributed by atoms with E-state index in [1.165, 1.54) is 0 Å². The van der Waals surface area contributed by atoms with E-state index in [4.69, 9.17) is 0 Å². The maximum atomic E-state index is 4.61. The summed E-state index contributed by atoms with van der Waals surface area (Å²) in [6.45, 7) is 5.72. The molecule has 0 N–H and O–H groups in total. The van der Waals surface area contributed by atoms with Gasteiger partial charge in [0.1, 0.15) is 12.1 Å². The highest BCUT2D eigenvalue weighted by molar-refractivity contribution is 7.13. The molecule has 3 aromatic heterocycles. The minimum absolute atomic E-state index is 0.837. The van der Waals surface area contributed by atoms with Crippen molar-refractivity contribution in [1.29, 1.82) is 0 Å². The molecule has 0 saturated carbocycles. The van der Waals surface area contributed by atoms with Crippen LogP contribution < -0.4 is 9.80 Å². The van der Waals surface area contributed by atoms with Crippen LogP contribution in [0.2, 0.25) is 0 Å². The quantitative estimate of drug-likeness (QED) is 0.547. The molecule has 1 aliphatic heterocycles. The molecular formula is C19H19N7S. The van der Waals surface area contributed by atoms with Crippen molar-refractivity contribution in [3.05, 3.63) is 53.9 Å². The monoisotopic (exact) mass is 377 g/mol. The Morgan fingerprint density at radius 1 is 0.963 bits per heavy atom. The van der Waals surface area contributed by atoms with Crippen molar-refractivity contribution in [3.8, 4) is 5.69 Å². The van der Waals surface area contributed by atoms with Crippen LogP contribution in [-0.4, -0.2) is 50.9 Å². The van der Waals surface area contributed by atoms with Crippen molar-refractivity contribution in [2.45, 2.75) is 6.92 Å². The summed E-state index contributed by atoms with van der Waals surface area (Å²) in [6, 6.07) is 10.1. The van der Waals surface area contributed by atoms with Crippen molar-refractivity contribution >= 4 is 33.3 Å². The third-order valence-electron chi connectivity index (χ3n) is 4.80. The first kappa shape index (κ1) is 16.2. The van der Waals surface area contributed by atoms with E-state index in [0.717, 1.165) is 59.5 Å². The molecule has 27 heavy (non-hydrogen) atoms. The number of piperazine rings is 1. The average Bonchev–Trinajstić information content (AvgIpc) is 3.35. The molecule has 0 spiro atoms. The first-order valence-electron chi connectivity index (χ1n) is 8.96. The van der Waals surface area contributed by atoms with E-state index in [9.17, 15) is 0 Å². The van der Waals surface area contributed by atoms with Crippen LogP contribution in [0.4, 0.5) is 10.9 Å². The zero-order chi connectivity index (χ0) is 18.2. The lowest BCUT2D eigenvalue weighted by Crippen LogP contribution is -2.46. The summed E-state index contributed by atoms with van der Waals surface area (Å²) in [4.78, 5) is 18.3. The number of anilines is 2. The van der Waals surface area contributed by atoms with Gasteiger partial charge < -0.3 is 9.80 Å². The van der Waals surface area contributed by atoms with Gasteiger partial charge in [-0.3, -0.25) is 0 Å². The zero-order valence-corrected chi connectivity index (χ0v) is 15.8. The van der Waals surface area contributed by atoms with E-state index < -0.39 is 0 Å². The fourth-order valence-corrected chi connectivity index (χ4v) is 4.30. The van der Waals surface area contributed by atoms with Crippen molar-refractivity contribution in [3.63, 3.8) is 0 Å². The second kappa shape index (κ2) is 6.62. The van der Waals surface area contributed by atoms with Gasteiger partial charge in [-0.1, -0.05) is 18.2 Å². The largest absolute Gasteiger partial charge is 0.352 e. The van der Waals surface area contributed by atoms with Crippen LogP contribution in [0.15, 0.2) is 48.2 Å². The van der Waals surface area contributed by atoms with Crippen LogP contribution in [-0.2, 0) is 0 Å². The number of thiazole rings is 1. The molecule has 1 saturated heterocycles. The topological polar surface area (TPSA) is 63.0 Å². The number of aryl methyl sites for hydroxylation is 1. The third-order valence-corrected chi connectivity index (χ3v) is 5.82. The maximum Gasteiger partial charge on any atom is 0.185 e. The molecule has 7 nitrogen and oxygen atoms in total. The summed E-state index contributed by atoms with van der Waals surface area (Å²) >= 11 is 1.71. The smallest absolute Gasteiger partial charge is 0.185 e. The van der Waals surface area contributed by atoms with Crippen LogP contribution in [0, 0.1) is 6.92 Å². The van der Waals surface area contributed by atoms with E-state index in [2.05, 4.69) is 35.2 Å². The summed E-state index contributed by atoms with van der Waals surface area (Å²) < 4.78 is 1.87. The van der Waals surface area contributed by atoms with Crippen LogP contribution >= 0.6 is 11.3 Å². The van der Waals surface area contributed by atoms with Gasteiger partial charge >= 0.3 is 0 Å². The van der Waals surface area contributed by atoms with E-state index >= 15 is 0 Å². The van der Waals surface area contributed by atoms with E-state index in [1.54, 1.807) is 17.7 Å². The lowest BCUT2D eigenvalue weighted by atomic mass is 10.3. The second-order valence-corrected chi connectivity index (χ2v) is 7.41. The van der Waals surface area contributed by atoms with Gasteiger partial charge in [-0.15, -0.1) is 11.3 Å². The van der Waals surface area contributed by atoms with Gasteiger partial charge in [0.05, 0.1) is 23.0 Å². The zero-order valence-electron chi connectivity index (χ0n) is 15.0. The molecule has 0 bridgehead atoms. The van der Waals surface area contributed by atoms with Gasteiger partial charge in [-0.05, 0) is 19.1 Å². The highest BCUT2D eigenvalue weighted by Crippen LogP contribution is 2.27. The minimum atomic E-state index is 0.837. The molecular weight excluding hydrogens is 358 g/mol. The number of aromatic nitrogens is 5. The number of rotatable bonds is 3.